The van der Waals surface area contributed by atoms with E-state index in [2.05, 4.69) is 40.8 Å². The molecule has 3 fully saturated rings. The van der Waals surface area contributed by atoms with Crippen LogP contribution in [0.1, 0.15) is 87.4 Å². The number of piperazine rings is 1. The number of piperidine rings is 1. The Labute approximate surface area is 408 Å². The number of aryl methyl sites for hydroxylation is 1. The Hall–Kier alpha value is -6.94. The molecule has 1 atom stereocenters. The highest BCUT2D eigenvalue weighted by molar-refractivity contribution is 6.25. The van der Waals surface area contributed by atoms with E-state index in [-0.39, 0.29) is 35.7 Å². The van der Waals surface area contributed by atoms with Gasteiger partial charge in [0, 0.05) is 64.1 Å². The summed E-state index contributed by atoms with van der Waals surface area (Å²) in [5, 5.41) is 12.1. The average molecular weight is 979 g/mol. The molecule has 374 valence electrons. The number of oxazole rings is 1. The molecule has 0 spiro atoms. The molecule has 1 unspecified atom stereocenters. The molecule has 4 aliphatic rings. The Morgan fingerprint density at radius 2 is 1.63 bits per heavy atom. The summed E-state index contributed by atoms with van der Waals surface area (Å²) < 4.78 is 52.2. The maximum atomic E-state index is 14.1. The molecule has 0 bridgehead atoms. The fourth-order valence-electron chi connectivity index (χ4n) is 8.76. The largest absolute Gasteiger partial charge is 0.444 e. The lowest BCUT2D eigenvalue weighted by atomic mass is 10.0. The van der Waals surface area contributed by atoms with Crippen LogP contribution in [0.5, 0.6) is 0 Å². The minimum absolute atomic E-state index is 0.0684. The summed E-state index contributed by atoms with van der Waals surface area (Å²) >= 11 is 0. The van der Waals surface area contributed by atoms with E-state index in [1.165, 1.54) is 30.0 Å². The number of hydrogen-bond acceptors (Lipinski definition) is 15. The van der Waals surface area contributed by atoms with Gasteiger partial charge in [-0.3, -0.25) is 39.1 Å². The van der Waals surface area contributed by atoms with Crippen LogP contribution < -0.4 is 20.9 Å². The molecule has 2 aromatic carbocycles. The van der Waals surface area contributed by atoms with Gasteiger partial charge in [0.05, 0.1) is 67.4 Å². The number of halogens is 2. The second-order valence-electron chi connectivity index (χ2n) is 17.9. The molecule has 5 amide bonds. The third-order valence-electron chi connectivity index (χ3n) is 12.9. The van der Waals surface area contributed by atoms with Crippen LogP contribution in [0.15, 0.2) is 77.7 Å². The van der Waals surface area contributed by atoms with Crippen LogP contribution in [-0.4, -0.2) is 144 Å². The van der Waals surface area contributed by atoms with Crippen molar-refractivity contribution < 1.29 is 51.4 Å². The second kappa shape index (κ2) is 22.9. The summed E-state index contributed by atoms with van der Waals surface area (Å²) in [6, 6.07) is 15.1. The van der Waals surface area contributed by atoms with Gasteiger partial charge in [-0.2, -0.15) is 5.10 Å². The number of pyridine rings is 1. The first-order valence-electron chi connectivity index (χ1n) is 24.1. The Kier molecular flexibility index (Phi) is 15.8. The number of amides is 5. The zero-order chi connectivity index (χ0) is 49.3. The number of nitrogens with one attached hydrogen (secondary N) is 3. The van der Waals surface area contributed by atoms with E-state index in [1.807, 2.05) is 18.2 Å². The van der Waals surface area contributed by atoms with Crippen molar-refractivity contribution in [3.8, 4) is 17.1 Å². The highest BCUT2D eigenvalue weighted by Gasteiger charge is 2.46. The molecule has 9 rings (SSSR count). The van der Waals surface area contributed by atoms with Crippen molar-refractivity contribution in [2.75, 3.05) is 94.4 Å². The molecular formula is C50H56F2N10O9. The highest BCUT2D eigenvalue weighted by atomic mass is 19.3. The minimum atomic E-state index is -2.93. The van der Waals surface area contributed by atoms with Crippen molar-refractivity contribution in [2.45, 2.75) is 57.4 Å². The number of ether oxygens (including phenoxy) is 3. The monoisotopic (exact) mass is 978 g/mol. The van der Waals surface area contributed by atoms with Gasteiger partial charge >= 0.3 is 0 Å². The SMILES string of the molecule is O=C1CCC(N2C(=O)c3cccc(N4CCN(CCOCCOCCOCCCCc5ccc(-n6cc(NC(=O)c7coc(-c8ccnc(NCC9CC9)c8)n7)c(C(F)F)n6)cc5)CC4)c3C2=O)C(=O)N1. The Balaban J connectivity index is 0.616. The number of carbonyl (C=O) groups excluding carboxylic acids is 5. The van der Waals surface area contributed by atoms with Gasteiger partial charge in [0.15, 0.2) is 11.4 Å². The molecule has 19 nitrogen and oxygen atoms in total. The number of nitrogens with zero attached hydrogens (tertiary/aromatic N) is 7. The van der Waals surface area contributed by atoms with Crippen LogP contribution >= 0.6 is 0 Å². The van der Waals surface area contributed by atoms with Gasteiger partial charge in [-0.1, -0.05) is 18.2 Å². The van der Waals surface area contributed by atoms with Crippen molar-refractivity contribution in [3.05, 3.63) is 101 Å². The number of fused-ring (bicyclic) bond motifs is 1. The number of imide groups is 2. The molecule has 0 radical (unpaired) electrons. The maximum Gasteiger partial charge on any atom is 0.284 e. The van der Waals surface area contributed by atoms with Gasteiger partial charge in [-0.25, -0.2) is 23.4 Å². The van der Waals surface area contributed by atoms with Gasteiger partial charge in [0.1, 0.15) is 18.1 Å². The zero-order valence-corrected chi connectivity index (χ0v) is 39.2. The number of rotatable bonds is 24. The van der Waals surface area contributed by atoms with Crippen molar-refractivity contribution in [2.24, 2.45) is 5.92 Å². The van der Waals surface area contributed by atoms with Crippen molar-refractivity contribution >= 4 is 46.7 Å². The van der Waals surface area contributed by atoms with Crippen LogP contribution in [0, 0.1) is 5.92 Å². The van der Waals surface area contributed by atoms with Crippen molar-refractivity contribution in [3.63, 3.8) is 0 Å². The maximum absolute atomic E-state index is 14.1. The van der Waals surface area contributed by atoms with E-state index < -0.39 is 47.7 Å². The van der Waals surface area contributed by atoms with E-state index in [9.17, 15) is 32.8 Å². The molecule has 1 saturated carbocycles. The van der Waals surface area contributed by atoms with Crippen LogP contribution in [0.25, 0.3) is 17.1 Å². The molecular weight excluding hydrogens is 923 g/mol. The number of aromatic nitrogens is 4. The van der Waals surface area contributed by atoms with Gasteiger partial charge in [-0.05, 0) is 86.4 Å². The Morgan fingerprint density at radius 1 is 0.873 bits per heavy atom. The predicted molar refractivity (Wildman–Crippen MR) is 255 cm³/mol. The highest BCUT2D eigenvalue weighted by Crippen LogP contribution is 2.35. The zero-order valence-electron chi connectivity index (χ0n) is 39.2. The van der Waals surface area contributed by atoms with Gasteiger partial charge in [-0.15, -0.1) is 0 Å². The third kappa shape index (κ3) is 12.2. The summed E-state index contributed by atoms with van der Waals surface area (Å²) in [5.41, 5.74) is 2.75. The molecule has 5 aromatic rings. The topological polar surface area (TPSA) is 216 Å². The van der Waals surface area contributed by atoms with Crippen LogP contribution in [-0.2, 0) is 30.2 Å². The molecule has 3 aliphatic heterocycles. The van der Waals surface area contributed by atoms with Gasteiger partial charge in [0.25, 0.3) is 24.1 Å². The van der Waals surface area contributed by atoms with Crippen molar-refractivity contribution in [1.82, 2.24) is 34.9 Å². The first-order chi connectivity index (χ1) is 34.6. The Bertz CT molecular complexity index is 2700. The molecule has 1 aliphatic carbocycles. The summed E-state index contributed by atoms with van der Waals surface area (Å²) in [6.45, 7) is 7.33. The smallest absolute Gasteiger partial charge is 0.284 e. The predicted octanol–water partition coefficient (Wildman–Crippen LogP) is 5.53. The summed E-state index contributed by atoms with van der Waals surface area (Å²) in [6.07, 6.45) is 6.36. The first-order valence-corrected chi connectivity index (χ1v) is 24.1. The van der Waals surface area contributed by atoms with Crippen LogP contribution in [0.2, 0.25) is 0 Å². The lowest BCUT2D eigenvalue weighted by Gasteiger charge is -2.36. The van der Waals surface area contributed by atoms with E-state index in [1.54, 1.807) is 42.6 Å². The van der Waals surface area contributed by atoms with Gasteiger partial charge < -0.3 is 34.2 Å². The van der Waals surface area contributed by atoms with Crippen LogP contribution in [0.3, 0.4) is 0 Å². The molecule has 3 aromatic heterocycles. The average Bonchev–Trinajstić information content (AvgIpc) is 3.78. The van der Waals surface area contributed by atoms with Crippen molar-refractivity contribution in [1.29, 1.82) is 0 Å². The fraction of sp³-hybridized carbons (Fsp3) is 0.440. The van der Waals surface area contributed by atoms with E-state index in [4.69, 9.17) is 18.6 Å². The number of benzene rings is 2. The van der Waals surface area contributed by atoms with Crippen LogP contribution in [0.4, 0.5) is 26.0 Å². The molecule has 71 heavy (non-hydrogen) atoms. The third-order valence-corrected chi connectivity index (χ3v) is 12.9. The van der Waals surface area contributed by atoms with E-state index in [0.717, 1.165) is 55.9 Å². The normalized spacial score (nSPS) is 17.3. The summed E-state index contributed by atoms with van der Waals surface area (Å²) in [4.78, 5) is 78.0. The standard InChI is InChI=1S/C50H56F2N10O9/c51-45(52)44-37(55-46(64)38-31-71-48(56-38)34-15-16-53-41(28-34)54-29-33-7-8-33)30-61(58-44)35-11-9-32(10-12-35)4-1-2-22-68-24-26-70-27-25-69-23-21-59-17-19-60(20-18-59)39-6-3-5-36-43(39)50(67)62(49(36)66)40-13-14-42(63)57-47(40)65/h3,5-6,9-12,15-16,28,30-31,33,40,45H,1-2,4,7-8,13-14,17-27,29H2,(H,53,54)(H,55,64)(H,57,63,65). The molecule has 21 heteroatoms. The quantitative estimate of drug-likeness (QED) is 0.0512. The lowest BCUT2D eigenvalue weighted by Crippen LogP contribution is -2.54. The summed E-state index contributed by atoms with van der Waals surface area (Å²) in [7, 11) is 0. The lowest BCUT2D eigenvalue weighted by molar-refractivity contribution is -0.136. The number of unbranched alkanes of at least 4 members (excludes halogenated alkanes) is 1. The number of hydrogen-bond donors (Lipinski definition) is 3. The summed E-state index contributed by atoms with van der Waals surface area (Å²) in [5.74, 6) is -1.22. The number of anilines is 3. The first kappa shape index (κ1) is 49.1. The number of alkyl halides is 2. The number of carbonyl (C=O) groups is 5. The fourth-order valence-corrected chi connectivity index (χ4v) is 8.76. The minimum Gasteiger partial charge on any atom is -0.444 e. The van der Waals surface area contributed by atoms with E-state index in [0.29, 0.717) is 87.0 Å². The second-order valence-corrected chi connectivity index (χ2v) is 17.9. The molecule has 6 heterocycles. The molecule has 3 N–H and O–H groups in total. The van der Waals surface area contributed by atoms with Gasteiger partial charge in [0.2, 0.25) is 17.7 Å². The van der Waals surface area contributed by atoms with E-state index >= 15 is 0 Å². The Morgan fingerprint density at radius 3 is 2.38 bits per heavy atom. The molecule has 2 saturated heterocycles.